The van der Waals surface area contributed by atoms with Crippen LogP contribution in [-0.4, -0.2) is 17.2 Å². The SMILES string of the molecule is Cc1ccccc1NC(=O)C(C=Nc1ccccc1)=C(O)c1ccccc1. The highest BCUT2D eigenvalue weighted by atomic mass is 16.3. The number of hydrogen-bond acceptors (Lipinski definition) is 3. The third-order valence-corrected chi connectivity index (χ3v) is 4.04. The second kappa shape index (κ2) is 8.63. The van der Waals surface area contributed by atoms with Gasteiger partial charge >= 0.3 is 0 Å². The first-order chi connectivity index (χ1) is 13.1. The van der Waals surface area contributed by atoms with Crippen molar-refractivity contribution in [3.05, 3.63) is 102 Å². The molecular weight excluding hydrogens is 336 g/mol. The average molecular weight is 356 g/mol. The van der Waals surface area contributed by atoms with Crippen molar-refractivity contribution in [1.82, 2.24) is 0 Å². The summed E-state index contributed by atoms with van der Waals surface area (Å²) in [5.74, 6) is -0.549. The zero-order valence-corrected chi connectivity index (χ0v) is 15.0. The van der Waals surface area contributed by atoms with Crippen LogP contribution in [0, 0.1) is 6.92 Å². The molecule has 3 rings (SSSR count). The summed E-state index contributed by atoms with van der Waals surface area (Å²) in [6.07, 6.45) is 1.39. The van der Waals surface area contributed by atoms with E-state index in [9.17, 15) is 9.90 Å². The molecule has 0 aliphatic carbocycles. The molecule has 0 saturated heterocycles. The highest BCUT2D eigenvalue weighted by molar-refractivity contribution is 6.22. The normalized spacial score (nSPS) is 11.9. The molecule has 3 aromatic rings. The number of nitrogens with zero attached hydrogens (tertiary/aromatic N) is 1. The van der Waals surface area contributed by atoms with Crippen LogP contribution < -0.4 is 5.32 Å². The summed E-state index contributed by atoms with van der Waals surface area (Å²) in [7, 11) is 0. The maximum atomic E-state index is 12.9. The van der Waals surface area contributed by atoms with E-state index >= 15 is 0 Å². The molecule has 0 atom stereocenters. The number of aliphatic imine (C=N–C) groups is 1. The summed E-state index contributed by atoms with van der Waals surface area (Å²) in [6.45, 7) is 1.91. The summed E-state index contributed by atoms with van der Waals surface area (Å²) in [4.78, 5) is 17.2. The van der Waals surface area contributed by atoms with E-state index in [1.165, 1.54) is 6.21 Å². The van der Waals surface area contributed by atoms with Gasteiger partial charge in [-0.1, -0.05) is 66.7 Å². The van der Waals surface area contributed by atoms with Crippen molar-refractivity contribution in [2.24, 2.45) is 4.99 Å². The monoisotopic (exact) mass is 356 g/mol. The topological polar surface area (TPSA) is 61.7 Å². The van der Waals surface area contributed by atoms with Crippen LogP contribution in [0.1, 0.15) is 11.1 Å². The van der Waals surface area contributed by atoms with E-state index in [-0.39, 0.29) is 11.3 Å². The van der Waals surface area contributed by atoms with E-state index in [2.05, 4.69) is 10.3 Å². The van der Waals surface area contributed by atoms with Crippen LogP contribution in [0.5, 0.6) is 0 Å². The number of anilines is 1. The van der Waals surface area contributed by atoms with Crippen LogP contribution >= 0.6 is 0 Å². The van der Waals surface area contributed by atoms with Gasteiger partial charge in [0.1, 0.15) is 11.3 Å². The molecule has 0 aliphatic rings. The Morgan fingerprint density at radius 2 is 1.48 bits per heavy atom. The zero-order valence-electron chi connectivity index (χ0n) is 15.0. The van der Waals surface area contributed by atoms with Crippen molar-refractivity contribution < 1.29 is 9.90 Å². The van der Waals surface area contributed by atoms with E-state index < -0.39 is 5.91 Å². The van der Waals surface area contributed by atoms with Crippen molar-refractivity contribution in [1.29, 1.82) is 0 Å². The molecule has 4 heteroatoms. The van der Waals surface area contributed by atoms with Gasteiger partial charge in [-0.2, -0.15) is 0 Å². The molecule has 0 unspecified atom stereocenters. The number of amides is 1. The van der Waals surface area contributed by atoms with Gasteiger partial charge in [0.25, 0.3) is 5.91 Å². The molecular formula is C23H20N2O2. The third kappa shape index (κ3) is 4.70. The Morgan fingerprint density at radius 1 is 0.889 bits per heavy atom. The zero-order chi connectivity index (χ0) is 19.1. The lowest BCUT2D eigenvalue weighted by Gasteiger charge is -2.10. The van der Waals surface area contributed by atoms with Crippen molar-refractivity contribution in [2.75, 3.05) is 5.32 Å². The van der Waals surface area contributed by atoms with Gasteiger partial charge in [0.2, 0.25) is 0 Å². The molecule has 0 bridgehead atoms. The van der Waals surface area contributed by atoms with Gasteiger partial charge in [-0.25, -0.2) is 0 Å². The number of carbonyl (C=O) groups is 1. The lowest BCUT2D eigenvalue weighted by molar-refractivity contribution is -0.112. The van der Waals surface area contributed by atoms with Gasteiger partial charge in [0.05, 0.1) is 5.69 Å². The minimum atomic E-state index is -0.426. The number of aliphatic hydroxyl groups is 1. The lowest BCUT2D eigenvalue weighted by Crippen LogP contribution is -2.17. The van der Waals surface area contributed by atoms with Gasteiger partial charge < -0.3 is 10.4 Å². The summed E-state index contributed by atoms with van der Waals surface area (Å²) < 4.78 is 0. The van der Waals surface area contributed by atoms with Gasteiger partial charge in [0, 0.05) is 17.5 Å². The molecule has 2 N–H and O–H groups in total. The fourth-order valence-corrected chi connectivity index (χ4v) is 2.53. The Hall–Kier alpha value is -3.66. The standard InChI is InChI=1S/C23H20N2O2/c1-17-10-8-9-15-21(17)25-23(27)20(16-24-19-13-6-3-7-14-19)22(26)18-11-4-2-5-12-18/h2-16,26H,1H3,(H,25,27). The van der Waals surface area contributed by atoms with Crippen LogP contribution in [-0.2, 0) is 4.79 Å². The maximum absolute atomic E-state index is 12.9. The van der Waals surface area contributed by atoms with Crippen LogP contribution in [0.2, 0.25) is 0 Å². The molecule has 4 nitrogen and oxygen atoms in total. The molecule has 0 heterocycles. The Kier molecular flexibility index (Phi) is 5.80. The Morgan fingerprint density at radius 3 is 2.15 bits per heavy atom. The van der Waals surface area contributed by atoms with Crippen LogP contribution in [0.15, 0.2) is 95.5 Å². The number of nitrogens with one attached hydrogen (secondary N) is 1. The fraction of sp³-hybridized carbons (Fsp3) is 0.0435. The summed E-state index contributed by atoms with van der Waals surface area (Å²) in [6, 6.07) is 25.7. The van der Waals surface area contributed by atoms with E-state index in [1.807, 2.05) is 67.6 Å². The molecule has 0 fully saturated rings. The molecule has 0 aliphatic heterocycles. The van der Waals surface area contributed by atoms with Crippen LogP contribution in [0.3, 0.4) is 0 Å². The van der Waals surface area contributed by atoms with Gasteiger partial charge in [-0.3, -0.25) is 9.79 Å². The Balaban J connectivity index is 1.98. The minimum absolute atomic E-state index is 0.0910. The summed E-state index contributed by atoms with van der Waals surface area (Å²) in [5, 5.41) is 13.6. The van der Waals surface area contributed by atoms with E-state index in [0.717, 1.165) is 5.56 Å². The fourth-order valence-electron chi connectivity index (χ4n) is 2.53. The number of rotatable bonds is 5. The van der Waals surface area contributed by atoms with Crippen molar-refractivity contribution in [3.63, 3.8) is 0 Å². The molecule has 27 heavy (non-hydrogen) atoms. The predicted molar refractivity (Wildman–Crippen MR) is 110 cm³/mol. The van der Waals surface area contributed by atoms with E-state index in [0.29, 0.717) is 16.9 Å². The highest BCUT2D eigenvalue weighted by Crippen LogP contribution is 2.20. The minimum Gasteiger partial charge on any atom is -0.506 e. The average Bonchev–Trinajstić information content (AvgIpc) is 2.71. The van der Waals surface area contributed by atoms with Gasteiger partial charge in [0.15, 0.2) is 0 Å². The summed E-state index contributed by atoms with van der Waals surface area (Å²) in [5.41, 5.74) is 2.96. The lowest BCUT2D eigenvalue weighted by atomic mass is 10.1. The number of aryl methyl sites for hydroxylation is 1. The molecule has 0 spiro atoms. The number of benzene rings is 3. The first-order valence-electron chi connectivity index (χ1n) is 8.60. The van der Waals surface area contributed by atoms with Crippen LogP contribution in [0.4, 0.5) is 11.4 Å². The van der Waals surface area contributed by atoms with Crippen molar-refractivity contribution in [3.8, 4) is 0 Å². The smallest absolute Gasteiger partial charge is 0.261 e. The number of para-hydroxylation sites is 2. The van der Waals surface area contributed by atoms with E-state index in [1.54, 1.807) is 24.3 Å². The molecule has 0 saturated carbocycles. The van der Waals surface area contributed by atoms with Crippen molar-refractivity contribution >= 4 is 29.3 Å². The number of aliphatic hydroxyl groups excluding tert-OH is 1. The Bertz CT molecular complexity index is 978. The molecule has 3 aromatic carbocycles. The predicted octanol–water partition coefficient (Wildman–Crippen LogP) is 5.31. The quantitative estimate of drug-likeness (QED) is 0.370. The highest BCUT2D eigenvalue weighted by Gasteiger charge is 2.16. The number of carbonyl (C=O) groups excluding carboxylic acids is 1. The number of hydrogen-bond donors (Lipinski definition) is 2. The second-order valence-corrected chi connectivity index (χ2v) is 5.99. The second-order valence-electron chi connectivity index (χ2n) is 5.99. The first-order valence-corrected chi connectivity index (χ1v) is 8.60. The Labute approximate surface area is 158 Å². The van der Waals surface area contributed by atoms with Crippen molar-refractivity contribution in [2.45, 2.75) is 6.92 Å². The molecule has 1 amide bonds. The largest absolute Gasteiger partial charge is 0.506 e. The first kappa shape index (κ1) is 18.1. The molecule has 0 radical (unpaired) electrons. The maximum Gasteiger partial charge on any atom is 0.261 e. The van der Waals surface area contributed by atoms with Gasteiger partial charge in [-0.15, -0.1) is 0 Å². The third-order valence-electron chi connectivity index (χ3n) is 4.04. The summed E-state index contributed by atoms with van der Waals surface area (Å²) >= 11 is 0. The van der Waals surface area contributed by atoms with E-state index in [4.69, 9.17) is 0 Å². The molecule has 134 valence electrons. The molecule has 0 aromatic heterocycles. The van der Waals surface area contributed by atoms with Gasteiger partial charge in [-0.05, 0) is 30.7 Å². The van der Waals surface area contributed by atoms with Crippen LogP contribution in [0.25, 0.3) is 5.76 Å².